The minimum atomic E-state index is -4.40. The lowest BCUT2D eigenvalue weighted by Gasteiger charge is -2.13. The largest absolute Gasteiger partial charge is 0.480 e. The van der Waals surface area contributed by atoms with E-state index in [0.717, 1.165) is 12.1 Å². The Morgan fingerprint density at radius 1 is 1.10 bits per heavy atom. The SMILES string of the molecule is COc1ncc(-c2ccc(N)c(C=O)c2)cc1NS(=O)(=O)c1ccc(F)cc1F. The molecular formula is C19H15F2N3O4S. The van der Waals surface area contributed by atoms with Crippen LogP contribution in [-0.4, -0.2) is 26.8 Å². The molecule has 7 nitrogen and oxygen atoms in total. The first-order valence-corrected chi connectivity index (χ1v) is 9.60. The smallest absolute Gasteiger partial charge is 0.264 e. The third kappa shape index (κ3) is 4.16. The molecule has 1 heterocycles. The molecule has 150 valence electrons. The van der Waals surface area contributed by atoms with E-state index in [2.05, 4.69) is 9.71 Å². The summed E-state index contributed by atoms with van der Waals surface area (Å²) in [6.45, 7) is 0. The number of nitrogen functional groups attached to an aromatic ring is 1. The summed E-state index contributed by atoms with van der Waals surface area (Å²) >= 11 is 0. The van der Waals surface area contributed by atoms with Crippen LogP contribution in [0.25, 0.3) is 11.1 Å². The Balaban J connectivity index is 2.05. The van der Waals surface area contributed by atoms with Crippen LogP contribution in [-0.2, 0) is 10.0 Å². The first kappa shape index (κ1) is 20.2. The number of carbonyl (C=O) groups is 1. The van der Waals surface area contributed by atoms with Gasteiger partial charge >= 0.3 is 0 Å². The fraction of sp³-hybridized carbons (Fsp3) is 0.0526. The van der Waals surface area contributed by atoms with Crippen molar-refractivity contribution in [3.05, 3.63) is 65.9 Å². The molecule has 0 aliphatic carbocycles. The molecule has 3 N–H and O–H groups in total. The first-order chi connectivity index (χ1) is 13.7. The predicted molar refractivity (Wildman–Crippen MR) is 103 cm³/mol. The van der Waals surface area contributed by atoms with E-state index in [1.807, 2.05) is 0 Å². The fourth-order valence-corrected chi connectivity index (χ4v) is 3.70. The van der Waals surface area contributed by atoms with Crippen molar-refractivity contribution in [1.82, 2.24) is 4.98 Å². The number of hydrogen-bond donors (Lipinski definition) is 2. The number of aromatic nitrogens is 1. The van der Waals surface area contributed by atoms with Gasteiger partial charge in [0.25, 0.3) is 10.0 Å². The van der Waals surface area contributed by atoms with Gasteiger partial charge in [0.2, 0.25) is 5.88 Å². The van der Waals surface area contributed by atoms with Crippen LogP contribution in [0, 0.1) is 11.6 Å². The Labute approximate surface area is 165 Å². The Bertz CT molecular complexity index is 1200. The molecular weight excluding hydrogens is 404 g/mol. The van der Waals surface area contributed by atoms with E-state index >= 15 is 0 Å². The molecule has 0 unspecified atom stereocenters. The van der Waals surface area contributed by atoms with Gasteiger partial charge in [-0.1, -0.05) is 6.07 Å². The van der Waals surface area contributed by atoms with E-state index in [1.165, 1.54) is 31.5 Å². The topological polar surface area (TPSA) is 111 Å². The Morgan fingerprint density at radius 3 is 2.52 bits per heavy atom. The molecule has 29 heavy (non-hydrogen) atoms. The van der Waals surface area contributed by atoms with Gasteiger partial charge in [0.1, 0.15) is 22.2 Å². The third-order valence-electron chi connectivity index (χ3n) is 4.02. The highest BCUT2D eigenvalue weighted by atomic mass is 32.2. The molecule has 0 amide bonds. The number of nitrogens with zero attached hydrogens (tertiary/aromatic N) is 1. The molecule has 10 heteroatoms. The summed E-state index contributed by atoms with van der Waals surface area (Å²) in [7, 11) is -3.12. The molecule has 1 aromatic heterocycles. The minimum Gasteiger partial charge on any atom is -0.480 e. The molecule has 0 spiro atoms. The van der Waals surface area contributed by atoms with Gasteiger partial charge in [-0.2, -0.15) is 0 Å². The van der Waals surface area contributed by atoms with E-state index in [4.69, 9.17) is 10.5 Å². The highest BCUT2D eigenvalue weighted by molar-refractivity contribution is 7.92. The molecule has 2 aromatic carbocycles. The number of methoxy groups -OCH3 is 1. The monoisotopic (exact) mass is 419 g/mol. The molecule has 0 bridgehead atoms. The lowest BCUT2D eigenvalue weighted by atomic mass is 10.0. The maximum absolute atomic E-state index is 13.9. The molecule has 0 saturated heterocycles. The van der Waals surface area contributed by atoms with Gasteiger partial charge in [0, 0.05) is 29.1 Å². The van der Waals surface area contributed by atoms with Crippen molar-refractivity contribution in [2.45, 2.75) is 4.90 Å². The first-order valence-electron chi connectivity index (χ1n) is 8.12. The second-order valence-corrected chi connectivity index (χ2v) is 7.57. The summed E-state index contributed by atoms with van der Waals surface area (Å²) in [5.74, 6) is -2.21. The van der Waals surface area contributed by atoms with Gasteiger partial charge in [-0.25, -0.2) is 22.2 Å². The molecule has 0 radical (unpaired) electrons. The number of pyridine rings is 1. The summed E-state index contributed by atoms with van der Waals surface area (Å²) in [5, 5.41) is 0. The molecule has 3 rings (SSSR count). The summed E-state index contributed by atoms with van der Waals surface area (Å²) in [5.41, 5.74) is 7.18. The number of sulfonamides is 1. The van der Waals surface area contributed by atoms with Crippen LogP contribution >= 0.6 is 0 Å². The number of nitrogens with two attached hydrogens (primary N) is 1. The van der Waals surface area contributed by atoms with E-state index in [-0.39, 0.29) is 22.8 Å². The summed E-state index contributed by atoms with van der Waals surface area (Å²) < 4.78 is 59.4. The van der Waals surface area contributed by atoms with E-state index in [9.17, 15) is 22.0 Å². The van der Waals surface area contributed by atoms with Crippen LogP contribution in [0.15, 0.2) is 53.6 Å². The summed E-state index contributed by atoms with van der Waals surface area (Å²) in [6, 6.07) is 8.20. The van der Waals surface area contributed by atoms with E-state index in [0.29, 0.717) is 23.5 Å². The highest BCUT2D eigenvalue weighted by Crippen LogP contribution is 2.31. The zero-order valence-corrected chi connectivity index (χ0v) is 15.8. The van der Waals surface area contributed by atoms with Gasteiger partial charge in [-0.3, -0.25) is 9.52 Å². The van der Waals surface area contributed by atoms with Crippen LogP contribution < -0.4 is 15.2 Å². The molecule has 0 fully saturated rings. The van der Waals surface area contributed by atoms with Crippen molar-refractivity contribution >= 4 is 27.7 Å². The fourth-order valence-electron chi connectivity index (χ4n) is 2.60. The minimum absolute atomic E-state index is 0.0640. The number of anilines is 2. The van der Waals surface area contributed by atoms with Crippen molar-refractivity contribution in [2.24, 2.45) is 0 Å². The van der Waals surface area contributed by atoms with Crippen molar-refractivity contribution in [3.63, 3.8) is 0 Å². The highest BCUT2D eigenvalue weighted by Gasteiger charge is 2.22. The van der Waals surface area contributed by atoms with Crippen LogP contribution in [0.2, 0.25) is 0 Å². The van der Waals surface area contributed by atoms with E-state index in [1.54, 1.807) is 6.07 Å². The maximum Gasteiger partial charge on any atom is 0.264 e. The van der Waals surface area contributed by atoms with Gasteiger partial charge in [0.15, 0.2) is 6.29 Å². The maximum atomic E-state index is 13.9. The molecule has 0 atom stereocenters. The Kier molecular flexibility index (Phi) is 5.46. The number of ether oxygens (including phenoxy) is 1. The summed E-state index contributed by atoms with van der Waals surface area (Å²) in [4.78, 5) is 14.4. The van der Waals surface area contributed by atoms with Crippen molar-refractivity contribution in [3.8, 4) is 17.0 Å². The lowest BCUT2D eigenvalue weighted by Crippen LogP contribution is -2.15. The number of benzene rings is 2. The van der Waals surface area contributed by atoms with Gasteiger partial charge in [-0.15, -0.1) is 0 Å². The molecule has 3 aromatic rings. The van der Waals surface area contributed by atoms with Gasteiger partial charge < -0.3 is 10.5 Å². The number of halogens is 2. The van der Waals surface area contributed by atoms with Crippen LogP contribution in [0.4, 0.5) is 20.2 Å². The average Bonchev–Trinajstić information content (AvgIpc) is 2.67. The number of nitrogens with one attached hydrogen (secondary N) is 1. The zero-order valence-electron chi connectivity index (χ0n) is 15.0. The van der Waals surface area contributed by atoms with Gasteiger partial charge in [-0.05, 0) is 35.9 Å². The number of hydrogen-bond acceptors (Lipinski definition) is 6. The number of rotatable bonds is 6. The lowest BCUT2D eigenvalue weighted by molar-refractivity contribution is 0.112. The Morgan fingerprint density at radius 2 is 1.86 bits per heavy atom. The zero-order chi connectivity index (χ0) is 21.2. The van der Waals surface area contributed by atoms with Crippen molar-refractivity contribution in [2.75, 3.05) is 17.6 Å². The normalized spacial score (nSPS) is 11.1. The molecule has 0 aliphatic heterocycles. The standard InChI is InChI=1S/C19H15F2N3O4S/c1-28-19-17(24-29(26,27)18-5-3-14(20)8-15(18)21)7-12(9-23-19)11-2-4-16(22)13(6-11)10-25/h2-10,24H,22H2,1H3. The second-order valence-electron chi connectivity index (χ2n) is 5.92. The second kappa shape index (κ2) is 7.84. The quantitative estimate of drug-likeness (QED) is 0.469. The number of aldehydes is 1. The molecule has 0 saturated carbocycles. The van der Waals surface area contributed by atoms with Crippen molar-refractivity contribution < 1.29 is 26.7 Å². The third-order valence-corrected chi connectivity index (χ3v) is 5.42. The number of carbonyl (C=O) groups excluding carboxylic acids is 1. The van der Waals surface area contributed by atoms with Crippen LogP contribution in [0.3, 0.4) is 0 Å². The van der Waals surface area contributed by atoms with Crippen molar-refractivity contribution in [1.29, 1.82) is 0 Å². The van der Waals surface area contributed by atoms with E-state index < -0.39 is 26.6 Å². The van der Waals surface area contributed by atoms with Gasteiger partial charge in [0.05, 0.1) is 7.11 Å². The van der Waals surface area contributed by atoms with Crippen LogP contribution in [0.1, 0.15) is 10.4 Å². The predicted octanol–water partition coefficient (Wildman–Crippen LogP) is 3.23. The molecule has 0 aliphatic rings. The average molecular weight is 419 g/mol. The van der Waals surface area contributed by atoms with Crippen LogP contribution in [0.5, 0.6) is 5.88 Å². The summed E-state index contributed by atoms with van der Waals surface area (Å²) in [6.07, 6.45) is 2.01. The Hall–Kier alpha value is -3.53.